The molecule has 2 aromatic rings. The minimum absolute atomic E-state index is 0.0231. The summed E-state index contributed by atoms with van der Waals surface area (Å²) in [6.07, 6.45) is -0.178. The molecule has 0 saturated heterocycles. The van der Waals surface area contributed by atoms with Gasteiger partial charge < -0.3 is 20.1 Å². The Morgan fingerprint density at radius 2 is 2.30 bits per heavy atom. The number of aliphatic carboxylic acids is 1. The lowest BCUT2D eigenvalue weighted by Gasteiger charge is -2.09. The number of nitrogens with one attached hydrogen (secondary N) is 1. The van der Waals surface area contributed by atoms with Crippen molar-refractivity contribution in [1.82, 2.24) is 25.8 Å². The third kappa shape index (κ3) is 2.91. The molecule has 0 aliphatic heterocycles. The Morgan fingerprint density at radius 1 is 1.55 bits per heavy atom. The minimum Gasteiger partial charge on any atom is -0.480 e. The van der Waals surface area contributed by atoms with E-state index in [1.54, 1.807) is 0 Å². The molecule has 2 heterocycles. The van der Waals surface area contributed by atoms with Gasteiger partial charge in [0.2, 0.25) is 11.6 Å². The van der Waals surface area contributed by atoms with Gasteiger partial charge in [0.1, 0.15) is 6.04 Å². The molecule has 1 unspecified atom stereocenters. The Hall–Kier alpha value is -2.49. The number of nitrogens with two attached hydrogens (primary N) is 1. The first-order valence-electron chi connectivity index (χ1n) is 5.86. The van der Waals surface area contributed by atoms with Crippen molar-refractivity contribution in [3.05, 3.63) is 5.56 Å². The van der Waals surface area contributed by atoms with Crippen molar-refractivity contribution in [3.63, 3.8) is 0 Å². The van der Waals surface area contributed by atoms with E-state index in [1.807, 2.05) is 13.8 Å². The van der Waals surface area contributed by atoms with E-state index in [0.29, 0.717) is 5.56 Å². The Balaban J connectivity index is 2.37. The third-order valence-electron chi connectivity index (χ3n) is 2.39. The number of nitrogens with zero attached hydrogens (tertiary/aromatic N) is 4. The van der Waals surface area contributed by atoms with Gasteiger partial charge in [-0.1, -0.05) is 0 Å². The van der Waals surface area contributed by atoms with Gasteiger partial charge in [-0.05, 0) is 24.2 Å². The number of hydrogen-bond donors (Lipinski definition) is 3. The maximum Gasteiger partial charge on any atom is 0.320 e. The van der Waals surface area contributed by atoms with Crippen LogP contribution >= 0.6 is 0 Å². The van der Waals surface area contributed by atoms with Crippen molar-refractivity contribution in [2.24, 2.45) is 5.73 Å². The molecule has 0 aromatic carbocycles. The molecule has 20 heavy (non-hydrogen) atoms. The standard InChI is InChI=1S/C10H14N6O4/c1-4(2)19-9-5(3-6(11)10(17)18)7(20-14-9)8-12-15-16-13-8/h4,6H,3,11H2,1-2H3,(H,17,18)(H,12,13,15,16). The Morgan fingerprint density at radius 3 is 2.85 bits per heavy atom. The van der Waals surface area contributed by atoms with Crippen LogP contribution < -0.4 is 10.5 Å². The van der Waals surface area contributed by atoms with Crippen LogP contribution in [0.1, 0.15) is 19.4 Å². The molecule has 2 rings (SSSR count). The molecular weight excluding hydrogens is 268 g/mol. The highest BCUT2D eigenvalue weighted by Crippen LogP contribution is 2.29. The second-order valence-corrected chi connectivity index (χ2v) is 4.35. The van der Waals surface area contributed by atoms with Crippen molar-refractivity contribution in [2.75, 3.05) is 0 Å². The normalized spacial score (nSPS) is 12.6. The van der Waals surface area contributed by atoms with Gasteiger partial charge in [-0.3, -0.25) is 4.79 Å². The fourth-order valence-corrected chi connectivity index (χ4v) is 1.53. The van der Waals surface area contributed by atoms with Crippen molar-refractivity contribution in [3.8, 4) is 17.5 Å². The maximum atomic E-state index is 10.9. The fourth-order valence-electron chi connectivity index (χ4n) is 1.53. The summed E-state index contributed by atoms with van der Waals surface area (Å²) in [4.78, 5) is 10.9. The Kier molecular flexibility index (Phi) is 3.94. The molecule has 0 bridgehead atoms. The predicted octanol–water partition coefficient (Wildman–Crippen LogP) is -0.404. The van der Waals surface area contributed by atoms with Gasteiger partial charge in [-0.15, -0.1) is 10.2 Å². The van der Waals surface area contributed by atoms with Gasteiger partial charge in [-0.25, -0.2) is 0 Å². The number of rotatable bonds is 6. The molecule has 0 fully saturated rings. The molecule has 0 aliphatic carbocycles. The van der Waals surface area contributed by atoms with E-state index in [2.05, 4.69) is 25.8 Å². The summed E-state index contributed by atoms with van der Waals surface area (Å²) in [5.74, 6) is -0.618. The van der Waals surface area contributed by atoms with E-state index in [-0.39, 0.29) is 30.0 Å². The zero-order valence-electron chi connectivity index (χ0n) is 10.9. The second kappa shape index (κ2) is 5.65. The number of ether oxygens (including phenoxy) is 1. The lowest BCUT2D eigenvalue weighted by atomic mass is 10.1. The first-order valence-corrected chi connectivity index (χ1v) is 5.86. The average Bonchev–Trinajstić information content (AvgIpc) is 2.99. The summed E-state index contributed by atoms with van der Waals surface area (Å²) in [7, 11) is 0. The lowest BCUT2D eigenvalue weighted by Crippen LogP contribution is -2.32. The molecule has 0 saturated carbocycles. The summed E-state index contributed by atoms with van der Waals surface area (Å²) in [5, 5.41) is 25.9. The minimum atomic E-state index is -1.14. The second-order valence-electron chi connectivity index (χ2n) is 4.35. The van der Waals surface area contributed by atoms with Crippen LogP contribution in [-0.2, 0) is 11.2 Å². The zero-order chi connectivity index (χ0) is 14.7. The van der Waals surface area contributed by atoms with E-state index in [9.17, 15) is 4.79 Å². The van der Waals surface area contributed by atoms with Gasteiger partial charge in [0.05, 0.1) is 11.7 Å². The fraction of sp³-hybridized carbons (Fsp3) is 0.500. The van der Waals surface area contributed by atoms with Crippen molar-refractivity contribution >= 4 is 5.97 Å². The summed E-state index contributed by atoms with van der Waals surface area (Å²) < 4.78 is 10.6. The Bertz CT molecular complexity index is 579. The summed E-state index contributed by atoms with van der Waals surface area (Å²) in [5.41, 5.74) is 5.94. The third-order valence-corrected chi connectivity index (χ3v) is 2.39. The molecule has 0 amide bonds. The van der Waals surface area contributed by atoms with Gasteiger partial charge in [0.25, 0.3) is 5.88 Å². The van der Waals surface area contributed by atoms with Crippen LogP contribution in [0.5, 0.6) is 5.88 Å². The molecule has 1 atom stereocenters. The quantitative estimate of drug-likeness (QED) is 0.641. The van der Waals surface area contributed by atoms with Crippen LogP contribution in [0.3, 0.4) is 0 Å². The molecule has 0 aliphatic rings. The Labute approximate surface area is 113 Å². The summed E-state index contributed by atoms with van der Waals surface area (Å²) in [6.45, 7) is 3.62. The van der Waals surface area contributed by atoms with Gasteiger partial charge in [0, 0.05) is 6.42 Å². The number of carboxylic acid groups (broad SMARTS) is 1. The van der Waals surface area contributed by atoms with Gasteiger partial charge >= 0.3 is 5.97 Å². The number of carboxylic acids is 1. The van der Waals surface area contributed by atoms with Crippen LogP contribution in [0.2, 0.25) is 0 Å². The highest BCUT2D eigenvalue weighted by Gasteiger charge is 2.26. The monoisotopic (exact) mass is 282 g/mol. The van der Waals surface area contributed by atoms with Crippen molar-refractivity contribution < 1.29 is 19.2 Å². The molecule has 0 radical (unpaired) electrons. The molecule has 10 heteroatoms. The van der Waals surface area contributed by atoms with Gasteiger partial charge in [-0.2, -0.15) is 5.21 Å². The molecule has 0 spiro atoms. The van der Waals surface area contributed by atoms with Gasteiger partial charge in [0.15, 0.2) is 0 Å². The van der Waals surface area contributed by atoms with E-state index in [4.69, 9.17) is 20.1 Å². The van der Waals surface area contributed by atoms with Crippen LogP contribution in [-0.4, -0.2) is 49.0 Å². The summed E-state index contributed by atoms with van der Waals surface area (Å²) >= 11 is 0. The largest absolute Gasteiger partial charge is 0.480 e. The number of hydrogen-bond acceptors (Lipinski definition) is 8. The van der Waals surface area contributed by atoms with E-state index < -0.39 is 12.0 Å². The van der Waals surface area contributed by atoms with Crippen molar-refractivity contribution in [2.45, 2.75) is 32.4 Å². The maximum absolute atomic E-state index is 10.9. The SMILES string of the molecule is CC(C)Oc1noc(-c2nn[nH]n2)c1CC(N)C(=O)O. The smallest absolute Gasteiger partial charge is 0.320 e. The lowest BCUT2D eigenvalue weighted by molar-refractivity contribution is -0.138. The first-order chi connectivity index (χ1) is 9.49. The highest BCUT2D eigenvalue weighted by molar-refractivity contribution is 5.74. The van der Waals surface area contributed by atoms with Crippen LogP contribution in [0.15, 0.2) is 4.52 Å². The zero-order valence-corrected chi connectivity index (χ0v) is 10.9. The summed E-state index contributed by atoms with van der Waals surface area (Å²) in [6, 6.07) is -1.12. The van der Waals surface area contributed by atoms with Crippen LogP contribution in [0, 0.1) is 0 Å². The van der Waals surface area contributed by atoms with Crippen molar-refractivity contribution in [1.29, 1.82) is 0 Å². The van der Waals surface area contributed by atoms with E-state index in [0.717, 1.165) is 0 Å². The highest BCUT2D eigenvalue weighted by atomic mass is 16.5. The van der Waals surface area contributed by atoms with Crippen LogP contribution in [0.25, 0.3) is 11.6 Å². The van der Waals surface area contributed by atoms with Crippen LogP contribution in [0.4, 0.5) is 0 Å². The predicted molar refractivity (Wildman–Crippen MR) is 64.8 cm³/mol. The molecular formula is C10H14N6O4. The average molecular weight is 282 g/mol. The topological polar surface area (TPSA) is 153 Å². The van der Waals surface area contributed by atoms with E-state index >= 15 is 0 Å². The molecule has 2 aromatic heterocycles. The molecule has 10 nitrogen and oxygen atoms in total. The first kappa shape index (κ1) is 13.9. The molecule has 4 N–H and O–H groups in total. The van der Waals surface area contributed by atoms with E-state index in [1.165, 1.54) is 0 Å². The number of aromatic nitrogens is 5. The number of carbonyl (C=O) groups is 1. The number of tetrazole rings is 1. The molecule has 108 valence electrons. The number of H-pyrrole nitrogens is 1. The number of aromatic amines is 1.